The van der Waals surface area contributed by atoms with Crippen LogP contribution in [0.25, 0.3) is 10.2 Å². The van der Waals surface area contributed by atoms with Gasteiger partial charge in [-0.1, -0.05) is 24.3 Å². The van der Waals surface area contributed by atoms with E-state index < -0.39 is 0 Å². The molecule has 0 saturated heterocycles. The molecular formula is C16H20N2S. The summed E-state index contributed by atoms with van der Waals surface area (Å²) in [6.45, 7) is 3.32. The number of thiazole rings is 1. The molecule has 1 aromatic heterocycles. The van der Waals surface area contributed by atoms with Crippen molar-refractivity contribution in [3.05, 3.63) is 41.4 Å². The Kier molecular flexibility index (Phi) is 3.95. The highest BCUT2D eigenvalue weighted by molar-refractivity contribution is 7.18. The number of benzene rings is 1. The number of nitrogens with one attached hydrogen (secondary N) is 1. The lowest BCUT2D eigenvalue weighted by Crippen LogP contribution is -2.26. The van der Waals surface area contributed by atoms with Crippen LogP contribution in [0.5, 0.6) is 0 Å². The van der Waals surface area contributed by atoms with Gasteiger partial charge in [-0.25, -0.2) is 4.98 Å². The molecule has 1 aromatic carbocycles. The third-order valence-electron chi connectivity index (χ3n) is 3.77. The number of fused-ring (bicyclic) bond motifs is 1. The van der Waals surface area contributed by atoms with Gasteiger partial charge in [-0.3, -0.25) is 0 Å². The Bertz CT molecular complexity index is 540. The van der Waals surface area contributed by atoms with E-state index in [1.807, 2.05) is 0 Å². The fraction of sp³-hybridized carbons (Fsp3) is 0.438. The Morgan fingerprint density at radius 1 is 1.37 bits per heavy atom. The van der Waals surface area contributed by atoms with Gasteiger partial charge in [0.25, 0.3) is 0 Å². The zero-order valence-electron chi connectivity index (χ0n) is 11.3. The first-order valence-corrected chi connectivity index (χ1v) is 7.88. The molecular weight excluding hydrogens is 252 g/mol. The lowest BCUT2D eigenvalue weighted by molar-refractivity contribution is 0.415. The second kappa shape index (κ2) is 5.85. The molecule has 0 radical (unpaired) electrons. The second-order valence-electron chi connectivity index (χ2n) is 5.30. The van der Waals surface area contributed by atoms with Gasteiger partial charge in [0.1, 0.15) is 5.01 Å². The largest absolute Gasteiger partial charge is 0.308 e. The minimum absolute atomic E-state index is 0.350. The fourth-order valence-electron chi connectivity index (χ4n) is 2.55. The molecule has 2 unspecified atom stereocenters. The zero-order chi connectivity index (χ0) is 13.1. The molecule has 2 nitrogen and oxygen atoms in total. The van der Waals surface area contributed by atoms with Gasteiger partial charge in [0.2, 0.25) is 0 Å². The highest BCUT2D eigenvalue weighted by atomic mass is 32.1. The summed E-state index contributed by atoms with van der Waals surface area (Å²) >= 11 is 1.80. The van der Waals surface area contributed by atoms with E-state index in [9.17, 15) is 0 Å². The Balaban J connectivity index is 1.63. The number of rotatable bonds is 4. The van der Waals surface area contributed by atoms with Crippen LogP contribution in [0.1, 0.15) is 37.2 Å². The van der Waals surface area contributed by atoms with Crippen molar-refractivity contribution in [2.24, 2.45) is 5.92 Å². The minimum atomic E-state index is 0.350. The molecule has 2 aromatic rings. The SMILES string of the molecule is CC(NCC1CC=CCC1)c1nc2ccccc2s1. The van der Waals surface area contributed by atoms with Gasteiger partial charge in [0.15, 0.2) is 0 Å². The summed E-state index contributed by atoms with van der Waals surface area (Å²) in [6, 6.07) is 8.72. The van der Waals surface area contributed by atoms with E-state index in [-0.39, 0.29) is 0 Å². The van der Waals surface area contributed by atoms with Crippen LogP contribution >= 0.6 is 11.3 Å². The molecule has 0 spiro atoms. The van der Waals surface area contributed by atoms with Crippen molar-refractivity contribution in [2.45, 2.75) is 32.2 Å². The number of allylic oxidation sites excluding steroid dienone is 2. The van der Waals surface area contributed by atoms with Crippen LogP contribution in [0, 0.1) is 5.92 Å². The summed E-state index contributed by atoms with van der Waals surface area (Å²) in [5.41, 5.74) is 1.12. The fourth-order valence-corrected chi connectivity index (χ4v) is 3.54. The van der Waals surface area contributed by atoms with Crippen LogP contribution in [0.3, 0.4) is 0 Å². The molecule has 0 fully saturated rings. The van der Waals surface area contributed by atoms with Crippen LogP contribution < -0.4 is 5.32 Å². The van der Waals surface area contributed by atoms with E-state index in [4.69, 9.17) is 4.98 Å². The first-order valence-electron chi connectivity index (χ1n) is 7.07. The number of hydrogen-bond acceptors (Lipinski definition) is 3. The van der Waals surface area contributed by atoms with E-state index >= 15 is 0 Å². The van der Waals surface area contributed by atoms with Crippen molar-refractivity contribution < 1.29 is 0 Å². The van der Waals surface area contributed by atoms with Crippen LogP contribution in [0.15, 0.2) is 36.4 Å². The summed E-state index contributed by atoms with van der Waals surface area (Å²) in [5.74, 6) is 0.793. The van der Waals surface area contributed by atoms with Crippen LogP contribution in [0.4, 0.5) is 0 Å². The molecule has 1 heterocycles. The topological polar surface area (TPSA) is 24.9 Å². The van der Waals surface area contributed by atoms with Crippen molar-refractivity contribution in [1.82, 2.24) is 10.3 Å². The average Bonchev–Trinajstić information content (AvgIpc) is 2.90. The molecule has 0 amide bonds. The summed E-state index contributed by atoms with van der Waals surface area (Å²) < 4.78 is 1.28. The maximum absolute atomic E-state index is 4.72. The van der Waals surface area contributed by atoms with Crippen LogP contribution in [0.2, 0.25) is 0 Å². The van der Waals surface area contributed by atoms with Gasteiger partial charge in [-0.05, 0) is 50.8 Å². The third-order valence-corrected chi connectivity index (χ3v) is 4.99. The molecule has 100 valence electrons. The number of nitrogens with zero attached hydrogens (tertiary/aromatic N) is 1. The predicted octanol–water partition coefficient (Wildman–Crippen LogP) is 4.30. The van der Waals surface area contributed by atoms with Crippen LogP contribution in [-0.2, 0) is 0 Å². The standard InChI is InChI=1S/C16H20N2S/c1-12(17-11-13-7-3-2-4-8-13)16-18-14-9-5-6-10-15(14)19-16/h2-3,5-6,9-10,12-13,17H,4,7-8,11H2,1H3. The smallest absolute Gasteiger partial charge is 0.111 e. The Labute approximate surface area is 118 Å². The zero-order valence-corrected chi connectivity index (χ0v) is 12.1. The molecule has 0 bridgehead atoms. The Hall–Kier alpha value is -1.19. The number of hydrogen-bond donors (Lipinski definition) is 1. The molecule has 1 N–H and O–H groups in total. The number of para-hydroxylation sites is 1. The van der Waals surface area contributed by atoms with Crippen molar-refractivity contribution in [2.75, 3.05) is 6.54 Å². The second-order valence-corrected chi connectivity index (χ2v) is 6.36. The summed E-state index contributed by atoms with van der Waals surface area (Å²) in [4.78, 5) is 4.72. The van der Waals surface area contributed by atoms with E-state index in [1.54, 1.807) is 11.3 Å². The molecule has 2 atom stereocenters. The van der Waals surface area contributed by atoms with Gasteiger partial charge in [-0.2, -0.15) is 0 Å². The van der Waals surface area contributed by atoms with Gasteiger partial charge in [-0.15, -0.1) is 11.3 Å². The summed E-state index contributed by atoms with van der Waals surface area (Å²) in [6.07, 6.45) is 8.39. The van der Waals surface area contributed by atoms with Crippen molar-refractivity contribution in [3.63, 3.8) is 0 Å². The van der Waals surface area contributed by atoms with Crippen molar-refractivity contribution in [1.29, 1.82) is 0 Å². The first kappa shape index (κ1) is 12.8. The van der Waals surface area contributed by atoms with E-state index in [0.29, 0.717) is 6.04 Å². The normalized spacial score (nSPS) is 20.8. The molecule has 0 aliphatic heterocycles. The molecule has 0 saturated carbocycles. The molecule has 3 heteroatoms. The minimum Gasteiger partial charge on any atom is -0.308 e. The molecule has 3 rings (SSSR count). The molecule has 19 heavy (non-hydrogen) atoms. The van der Waals surface area contributed by atoms with Gasteiger partial charge < -0.3 is 5.32 Å². The summed E-state index contributed by atoms with van der Waals surface area (Å²) in [7, 11) is 0. The quantitative estimate of drug-likeness (QED) is 0.839. The maximum Gasteiger partial charge on any atom is 0.111 e. The van der Waals surface area contributed by atoms with Gasteiger partial charge in [0, 0.05) is 0 Å². The van der Waals surface area contributed by atoms with Crippen molar-refractivity contribution in [3.8, 4) is 0 Å². The van der Waals surface area contributed by atoms with Crippen LogP contribution in [-0.4, -0.2) is 11.5 Å². The van der Waals surface area contributed by atoms with E-state index in [0.717, 1.165) is 18.0 Å². The van der Waals surface area contributed by atoms with Crippen molar-refractivity contribution >= 4 is 21.6 Å². The Morgan fingerprint density at radius 3 is 3.05 bits per heavy atom. The van der Waals surface area contributed by atoms with E-state index in [2.05, 4.69) is 48.7 Å². The lowest BCUT2D eigenvalue weighted by atomic mass is 9.94. The highest BCUT2D eigenvalue weighted by Crippen LogP contribution is 2.26. The Morgan fingerprint density at radius 2 is 2.26 bits per heavy atom. The first-order chi connectivity index (χ1) is 9.33. The summed E-state index contributed by atoms with van der Waals surface area (Å²) in [5, 5.41) is 4.85. The number of aromatic nitrogens is 1. The molecule has 1 aliphatic rings. The monoisotopic (exact) mass is 272 g/mol. The average molecular weight is 272 g/mol. The highest BCUT2D eigenvalue weighted by Gasteiger charge is 2.14. The van der Waals surface area contributed by atoms with Gasteiger partial charge >= 0.3 is 0 Å². The lowest BCUT2D eigenvalue weighted by Gasteiger charge is -2.20. The third kappa shape index (κ3) is 3.04. The molecule has 1 aliphatic carbocycles. The maximum atomic E-state index is 4.72. The van der Waals surface area contributed by atoms with E-state index in [1.165, 1.54) is 29.0 Å². The predicted molar refractivity (Wildman–Crippen MR) is 82.5 cm³/mol. The van der Waals surface area contributed by atoms with Gasteiger partial charge in [0.05, 0.1) is 16.3 Å².